The molecule has 13 heavy (non-hydrogen) atoms. The fourth-order valence-corrected chi connectivity index (χ4v) is 0.804. The molecule has 0 N–H and O–H groups in total. The van der Waals surface area contributed by atoms with E-state index >= 15 is 0 Å². The van der Waals surface area contributed by atoms with Gasteiger partial charge in [0.2, 0.25) is 0 Å². The summed E-state index contributed by atoms with van der Waals surface area (Å²) in [5.41, 5.74) is -0.650. The van der Waals surface area contributed by atoms with E-state index in [-0.39, 0.29) is 0 Å². The summed E-state index contributed by atoms with van der Waals surface area (Å²) in [4.78, 5) is 0. The van der Waals surface area contributed by atoms with E-state index in [1.165, 1.54) is 12.1 Å². The zero-order valence-electron chi connectivity index (χ0n) is 6.31. The number of ether oxygens (including phenoxy) is 1. The Hall–Kier alpha value is -1.26. The van der Waals surface area contributed by atoms with Crippen molar-refractivity contribution < 1.29 is 22.3 Å². The average Bonchev–Trinajstić information content (AvgIpc) is 2.03. The molecule has 0 fully saturated rings. The van der Waals surface area contributed by atoms with Crippen LogP contribution >= 0.6 is 0 Å². The minimum atomic E-state index is -3.10. The van der Waals surface area contributed by atoms with Gasteiger partial charge < -0.3 is 4.74 Å². The summed E-state index contributed by atoms with van der Waals surface area (Å²) in [7, 11) is 0. The van der Waals surface area contributed by atoms with Crippen LogP contribution in [0.4, 0.5) is 17.6 Å². The van der Waals surface area contributed by atoms with Crippen LogP contribution in [-0.4, -0.2) is 6.61 Å². The molecular formula is C8H5F4O. The van der Waals surface area contributed by atoms with Crippen molar-refractivity contribution in [1.82, 2.24) is 0 Å². The van der Waals surface area contributed by atoms with Crippen LogP contribution in [0.25, 0.3) is 0 Å². The van der Waals surface area contributed by atoms with E-state index in [1.54, 1.807) is 0 Å². The van der Waals surface area contributed by atoms with Crippen molar-refractivity contribution in [2.75, 3.05) is 0 Å². The normalized spacial score (nSPS) is 10.9. The zero-order chi connectivity index (χ0) is 9.84. The molecule has 0 unspecified atom stereocenters. The van der Waals surface area contributed by atoms with E-state index in [9.17, 15) is 17.6 Å². The van der Waals surface area contributed by atoms with E-state index in [0.717, 1.165) is 6.07 Å². The number of hydrogen-bond acceptors (Lipinski definition) is 1. The average molecular weight is 193 g/mol. The molecule has 5 heteroatoms. The monoisotopic (exact) mass is 193 g/mol. The predicted molar refractivity (Wildman–Crippen MR) is 36.9 cm³/mol. The van der Waals surface area contributed by atoms with Gasteiger partial charge in [-0.15, -0.1) is 0 Å². The SMILES string of the molecule is FC(F)Oc1ccc[c]c1C(F)F. The van der Waals surface area contributed by atoms with Crippen molar-refractivity contribution in [2.45, 2.75) is 13.0 Å². The predicted octanol–water partition coefficient (Wildman–Crippen LogP) is 3.03. The lowest BCUT2D eigenvalue weighted by molar-refractivity contribution is -0.0519. The molecule has 1 rings (SSSR count). The highest BCUT2D eigenvalue weighted by Gasteiger charge is 2.16. The van der Waals surface area contributed by atoms with Gasteiger partial charge in [-0.3, -0.25) is 0 Å². The van der Waals surface area contributed by atoms with Crippen molar-refractivity contribution in [3.05, 3.63) is 29.8 Å². The van der Waals surface area contributed by atoms with Crippen LogP contribution in [0.2, 0.25) is 0 Å². The molecule has 1 radical (unpaired) electrons. The smallest absolute Gasteiger partial charge is 0.387 e. The van der Waals surface area contributed by atoms with E-state index in [2.05, 4.69) is 10.8 Å². The lowest BCUT2D eigenvalue weighted by atomic mass is 10.2. The first-order valence-electron chi connectivity index (χ1n) is 3.35. The Labute approximate surface area is 71.9 Å². The summed E-state index contributed by atoms with van der Waals surface area (Å²) < 4.78 is 51.5. The number of rotatable bonds is 3. The van der Waals surface area contributed by atoms with Crippen molar-refractivity contribution in [1.29, 1.82) is 0 Å². The first kappa shape index (κ1) is 9.83. The van der Waals surface area contributed by atoms with Crippen molar-refractivity contribution in [3.63, 3.8) is 0 Å². The van der Waals surface area contributed by atoms with Crippen LogP contribution in [-0.2, 0) is 0 Å². The quantitative estimate of drug-likeness (QED) is 0.670. The summed E-state index contributed by atoms with van der Waals surface area (Å²) in [6.45, 7) is -3.10. The maximum atomic E-state index is 12.1. The first-order chi connectivity index (χ1) is 6.11. The highest BCUT2D eigenvalue weighted by Crippen LogP contribution is 2.28. The molecule has 1 aromatic rings. The molecule has 0 atom stereocenters. The van der Waals surface area contributed by atoms with E-state index in [1.807, 2.05) is 0 Å². The van der Waals surface area contributed by atoms with E-state index in [4.69, 9.17) is 0 Å². The van der Waals surface area contributed by atoms with Gasteiger partial charge in [0.15, 0.2) is 0 Å². The van der Waals surface area contributed by atoms with Gasteiger partial charge in [0.25, 0.3) is 6.43 Å². The molecule has 1 nitrogen and oxygen atoms in total. The highest BCUT2D eigenvalue weighted by molar-refractivity contribution is 5.33. The fourth-order valence-electron chi connectivity index (χ4n) is 0.804. The van der Waals surface area contributed by atoms with E-state index < -0.39 is 24.3 Å². The summed E-state index contributed by atoms with van der Waals surface area (Å²) in [5, 5.41) is 0. The second-order valence-electron chi connectivity index (χ2n) is 2.13. The second-order valence-corrected chi connectivity index (χ2v) is 2.13. The zero-order valence-corrected chi connectivity index (χ0v) is 6.31. The highest BCUT2D eigenvalue weighted by atomic mass is 19.3. The molecule has 0 saturated carbocycles. The van der Waals surface area contributed by atoms with Gasteiger partial charge in [-0.1, -0.05) is 12.1 Å². The Balaban J connectivity index is 2.91. The third-order valence-corrected chi connectivity index (χ3v) is 1.28. The molecule has 71 valence electrons. The molecule has 0 aliphatic rings. The second kappa shape index (κ2) is 4.11. The maximum Gasteiger partial charge on any atom is 0.387 e. The lowest BCUT2D eigenvalue weighted by Gasteiger charge is -2.08. The van der Waals surface area contributed by atoms with E-state index in [0.29, 0.717) is 0 Å². The van der Waals surface area contributed by atoms with Crippen molar-refractivity contribution in [2.24, 2.45) is 0 Å². The van der Waals surface area contributed by atoms with Crippen LogP contribution in [0.3, 0.4) is 0 Å². The third kappa shape index (κ3) is 2.61. The standard InChI is InChI=1S/C8H5F4O/c9-7(10)5-3-1-2-4-6(5)13-8(11)12/h1-2,4,7-8H. The van der Waals surface area contributed by atoms with Gasteiger partial charge in [-0.05, 0) is 12.1 Å². The Bertz CT molecular complexity index is 275. The van der Waals surface area contributed by atoms with Gasteiger partial charge in [0.05, 0.1) is 5.56 Å². The molecule has 1 aromatic carbocycles. The molecule has 0 bridgehead atoms. The maximum absolute atomic E-state index is 12.1. The van der Waals surface area contributed by atoms with Gasteiger partial charge >= 0.3 is 6.61 Å². The summed E-state index contributed by atoms with van der Waals surface area (Å²) >= 11 is 0. The van der Waals surface area contributed by atoms with Crippen LogP contribution < -0.4 is 4.74 Å². The molecule has 0 heterocycles. The summed E-state index contributed by atoms with van der Waals surface area (Å²) in [5.74, 6) is -0.535. The Morgan fingerprint density at radius 2 is 1.92 bits per heavy atom. The topological polar surface area (TPSA) is 9.23 Å². The van der Waals surface area contributed by atoms with Crippen LogP contribution in [0.15, 0.2) is 18.2 Å². The number of hydrogen-bond donors (Lipinski definition) is 0. The van der Waals surface area contributed by atoms with Gasteiger partial charge in [-0.25, -0.2) is 8.78 Å². The van der Waals surface area contributed by atoms with Crippen molar-refractivity contribution in [3.8, 4) is 5.75 Å². The van der Waals surface area contributed by atoms with Gasteiger partial charge in [0.1, 0.15) is 5.75 Å². The lowest BCUT2D eigenvalue weighted by Crippen LogP contribution is -2.04. The van der Waals surface area contributed by atoms with Gasteiger partial charge in [0, 0.05) is 0 Å². The minimum Gasteiger partial charge on any atom is -0.434 e. The first-order valence-corrected chi connectivity index (χ1v) is 3.35. The van der Waals surface area contributed by atoms with Gasteiger partial charge in [-0.2, -0.15) is 8.78 Å². The largest absolute Gasteiger partial charge is 0.434 e. The van der Waals surface area contributed by atoms with Crippen LogP contribution in [0.1, 0.15) is 12.0 Å². The Kier molecular flexibility index (Phi) is 3.11. The Morgan fingerprint density at radius 3 is 2.46 bits per heavy atom. The number of benzene rings is 1. The molecule has 0 amide bonds. The van der Waals surface area contributed by atoms with Crippen LogP contribution in [0.5, 0.6) is 5.75 Å². The van der Waals surface area contributed by atoms with Crippen molar-refractivity contribution >= 4 is 0 Å². The fraction of sp³-hybridized carbons (Fsp3) is 0.250. The number of alkyl halides is 4. The molecule has 0 spiro atoms. The third-order valence-electron chi connectivity index (χ3n) is 1.28. The molecular weight excluding hydrogens is 188 g/mol. The summed E-state index contributed by atoms with van der Waals surface area (Å²) in [6.07, 6.45) is -2.87. The Morgan fingerprint density at radius 1 is 1.23 bits per heavy atom. The minimum absolute atomic E-state index is 0.535. The number of halogens is 4. The molecule has 0 aliphatic carbocycles. The molecule has 0 saturated heterocycles. The molecule has 0 aliphatic heterocycles. The molecule has 0 aromatic heterocycles. The summed E-state index contributed by atoms with van der Waals surface area (Å²) in [6, 6.07) is 5.68. The van der Waals surface area contributed by atoms with Crippen LogP contribution in [0, 0.1) is 6.07 Å².